The number of hydrogen-bond donors (Lipinski definition) is 2. The van der Waals surface area contributed by atoms with Crippen LogP contribution < -0.4 is 11.1 Å². The van der Waals surface area contributed by atoms with Crippen LogP contribution in [-0.4, -0.2) is 5.91 Å². The summed E-state index contributed by atoms with van der Waals surface area (Å²) in [4.78, 5) is 11.6. The van der Waals surface area contributed by atoms with Gasteiger partial charge in [0.05, 0.1) is 0 Å². The lowest BCUT2D eigenvalue weighted by molar-refractivity contribution is -0.118. The molecule has 0 radical (unpaired) electrons. The first kappa shape index (κ1) is 14.3. The van der Waals surface area contributed by atoms with Crippen molar-refractivity contribution in [3.63, 3.8) is 0 Å². The van der Waals surface area contributed by atoms with Gasteiger partial charge in [0.1, 0.15) is 11.9 Å². The molecular formula is C15H14ClFN2O. The highest BCUT2D eigenvalue weighted by Crippen LogP contribution is 2.23. The fourth-order valence-corrected chi connectivity index (χ4v) is 2.10. The van der Waals surface area contributed by atoms with Crippen LogP contribution in [0.4, 0.5) is 10.1 Å². The summed E-state index contributed by atoms with van der Waals surface area (Å²) in [7, 11) is 0. The Morgan fingerprint density at radius 1 is 1.30 bits per heavy atom. The van der Waals surface area contributed by atoms with Crippen molar-refractivity contribution < 1.29 is 9.18 Å². The first-order valence-corrected chi connectivity index (χ1v) is 6.42. The van der Waals surface area contributed by atoms with E-state index in [2.05, 4.69) is 5.32 Å². The second kappa shape index (κ2) is 5.92. The highest BCUT2D eigenvalue weighted by molar-refractivity contribution is 6.30. The smallest absolute Gasteiger partial charge is 0.244 e. The van der Waals surface area contributed by atoms with Crippen LogP contribution in [0.5, 0.6) is 0 Å². The molecule has 0 heterocycles. The molecule has 0 bridgehead atoms. The van der Waals surface area contributed by atoms with Crippen LogP contribution in [0.2, 0.25) is 5.02 Å². The zero-order chi connectivity index (χ0) is 14.7. The van der Waals surface area contributed by atoms with E-state index >= 15 is 0 Å². The van der Waals surface area contributed by atoms with Gasteiger partial charge in [-0.15, -0.1) is 0 Å². The van der Waals surface area contributed by atoms with Crippen LogP contribution >= 0.6 is 11.6 Å². The van der Waals surface area contributed by atoms with E-state index in [4.69, 9.17) is 17.3 Å². The first-order valence-electron chi connectivity index (χ1n) is 6.05. The molecular weight excluding hydrogens is 279 g/mol. The van der Waals surface area contributed by atoms with Gasteiger partial charge < -0.3 is 11.1 Å². The van der Waals surface area contributed by atoms with Crippen LogP contribution in [0, 0.1) is 12.7 Å². The molecule has 0 aliphatic rings. The number of nitrogens with two attached hydrogens (primary N) is 1. The number of aryl methyl sites for hydroxylation is 1. The number of anilines is 1. The molecule has 5 heteroatoms. The minimum absolute atomic E-state index is 0.320. The summed E-state index contributed by atoms with van der Waals surface area (Å²) in [5.41, 5.74) is 7.15. The normalized spacial score (nSPS) is 11.9. The van der Waals surface area contributed by atoms with Crippen molar-refractivity contribution in [1.29, 1.82) is 0 Å². The van der Waals surface area contributed by atoms with Crippen LogP contribution in [0.25, 0.3) is 0 Å². The molecule has 1 atom stereocenters. The van der Waals surface area contributed by atoms with Gasteiger partial charge in [0.25, 0.3) is 0 Å². The predicted molar refractivity (Wildman–Crippen MR) is 78.1 cm³/mol. The molecule has 104 valence electrons. The summed E-state index contributed by atoms with van der Waals surface area (Å²) in [5, 5.41) is 3.55. The minimum atomic E-state index is -0.743. The van der Waals surface area contributed by atoms with Crippen molar-refractivity contribution in [1.82, 2.24) is 0 Å². The van der Waals surface area contributed by atoms with Gasteiger partial charge in [0, 0.05) is 10.7 Å². The van der Waals surface area contributed by atoms with Crippen LogP contribution in [-0.2, 0) is 4.79 Å². The Bertz CT molecular complexity index is 646. The molecule has 0 spiro atoms. The number of halogens is 2. The molecule has 2 aromatic carbocycles. The van der Waals surface area contributed by atoms with Gasteiger partial charge in [-0.25, -0.2) is 4.39 Å². The van der Waals surface area contributed by atoms with Gasteiger partial charge in [0.2, 0.25) is 5.91 Å². The molecule has 20 heavy (non-hydrogen) atoms. The largest absolute Gasteiger partial charge is 0.370 e. The minimum Gasteiger partial charge on any atom is -0.370 e. The Morgan fingerprint density at radius 2 is 2.05 bits per heavy atom. The predicted octanol–water partition coefficient (Wildman–Crippen LogP) is 3.43. The zero-order valence-electron chi connectivity index (χ0n) is 10.9. The Balaban J connectivity index is 2.32. The van der Waals surface area contributed by atoms with Crippen molar-refractivity contribution >= 4 is 23.2 Å². The molecule has 2 aromatic rings. The summed E-state index contributed by atoms with van der Waals surface area (Å²) in [6.45, 7) is 1.64. The number of carbonyl (C=O) groups is 1. The van der Waals surface area contributed by atoms with Gasteiger partial charge in [-0.2, -0.15) is 0 Å². The summed E-state index contributed by atoms with van der Waals surface area (Å²) >= 11 is 5.89. The van der Waals surface area contributed by atoms with Gasteiger partial charge in [-0.05, 0) is 42.3 Å². The average Bonchev–Trinajstić information content (AvgIpc) is 2.39. The number of rotatable bonds is 4. The molecule has 2 rings (SSSR count). The van der Waals surface area contributed by atoms with E-state index in [0.29, 0.717) is 21.8 Å². The maximum Gasteiger partial charge on any atom is 0.244 e. The van der Waals surface area contributed by atoms with E-state index in [1.54, 1.807) is 37.3 Å². The molecule has 0 saturated carbocycles. The highest BCUT2D eigenvalue weighted by atomic mass is 35.5. The summed E-state index contributed by atoms with van der Waals surface area (Å²) < 4.78 is 13.3. The van der Waals surface area contributed by atoms with Crippen molar-refractivity contribution in [2.75, 3.05) is 5.32 Å². The Morgan fingerprint density at radius 3 is 2.65 bits per heavy atom. The van der Waals surface area contributed by atoms with E-state index in [1.165, 1.54) is 12.1 Å². The van der Waals surface area contributed by atoms with E-state index in [0.717, 1.165) is 0 Å². The molecule has 3 N–H and O–H groups in total. The second-order valence-electron chi connectivity index (χ2n) is 4.50. The van der Waals surface area contributed by atoms with Crippen molar-refractivity contribution in [2.24, 2.45) is 5.73 Å². The Hall–Kier alpha value is -2.07. The average molecular weight is 293 g/mol. The van der Waals surface area contributed by atoms with E-state index in [-0.39, 0.29) is 5.82 Å². The molecule has 0 aliphatic heterocycles. The van der Waals surface area contributed by atoms with Crippen LogP contribution in [0.1, 0.15) is 17.2 Å². The third kappa shape index (κ3) is 3.27. The number of benzene rings is 2. The zero-order valence-corrected chi connectivity index (χ0v) is 11.6. The lowest BCUT2D eigenvalue weighted by Gasteiger charge is -2.18. The first-order chi connectivity index (χ1) is 9.47. The van der Waals surface area contributed by atoms with Gasteiger partial charge in [0.15, 0.2) is 0 Å². The maximum atomic E-state index is 13.3. The van der Waals surface area contributed by atoms with E-state index in [9.17, 15) is 9.18 Å². The quantitative estimate of drug-likeness (QED) is 0.907. The SMILES string of the molecule is Cc1cc(C(Nc2cccc(Cl)c2)C(N)=O)ccc1F. The molecule has 1 unspecified atom stereocenters. The monoisotopic (exact) mass is 292 g/mol. The van der Waals surface area contributed by atoms with Crippen molar-refractivity contribution in [3.05, 3.63) is 64.4 Å². The number of primary amides is 1. The van der Waals surface area contributed by atoms with E-state index < -0.39 is 11.9 Å². The number of amides is 1. The van der Waals surface area contributed by atoms with Crippen LogP contribution in [0.15, 0.2) is 42.5 Å². The summed E-state index contributed by atoms with van der Waals surface area (Å²) in [6.07, 6.45) is 0. The lowest BCUT2D eigenvalue weighted by atomic mass is 10.0. The highest BCUT2D eigenvalue weighted by Gasteiger charge is 2.18. The number of carbonyl (C=O) groups excluding carboxylic acids is 1. The van der Waals surface area contributed by atoms with Gasteiger partial charge >= 0.3 is 0 Å². The molecule has 0 fully saturated rings. The van der Waals surface area contributed by atoms with Gasteiger partial charge in [-0.3, -0.25) is 4.79 Å². The Labute approximate surface area is 121 Å². The number of hydrogen-bond acceptors (Lipinski definition) is 2. The lowest BCUT2D eigenvalue weighted by Crippen LogP contribution is -2.27. The second-order valence-corrected chi connectivity index (χ2v) is 4.94. The van der Waals surface area contributed by atoms with Crippen LogP contribution in [0.3, 0.4) is 0 Å². The molecule has 0 saturated heterocycles. The van der Waals surface area contributed by atoms with Crippen molar-refractivity contribution in [3.8, 4) is 0 Å². The standard InChI is InChI=1S/C15H14ClFN2O/c1-9-7-10(5-6-13(9)17)14(15(18)20)19-12-4-2-3-11(16)8-12/h2-8,14,19H,1H3,(H2,18,20). The topological polar surface area (TPSA) is 55.1 Å². The third-order valence-electron chi connectivity index (χ3n) is 2.94. The Kier molecular flexibility index (Phi) is 4.25. The molecule has 3 nitrogen and oxygen atoms in total. The molecule has 0 aromatic heterocycles. The molecule has 1 amide bonds. The van der Waals surface area contributed by atoms with Crippen molar-refractivity contribution in [2.45, 2.75) is 13.0 Å². The summed E-state index contributed by atoms with van der Waals surface area (Å²) in [5.74, 6) is -0.865. The molecule has 0 aliphatic carbocycles. The maximum absolute atomic E-state index is 13.3. The number of nitrogens with one attached hydrogen (secondary N) is 1. The van der Waals surface area contributed by atoms with E-state index in [1.807, 2.05) is 0 Å². The fraction of sp³-hybridized carbons (Fsp3) is 0.133. The third-order valence-corrected chi connectivity index (χ3v) is 3.17. The summed E-state index contributed by atoms with van der Waals surface area (Å²) in [6, 6.07) is 10.7. The van der Waals surface area contributed by atoms with Gasteiger partial charge in [-0.1, -0.05) is 29.8 Å². The fourth-order valence-electron chi connectivity index (χ4n) is 1.91.